The normalized spacial score (nSPS) is 24.8. The fraction of sp³-hybridized carbons (Fsp3) is 0.458. The van der Waals surface area contributed by atoms with Gasteiger partial charge >= 0.3 is 5.97 Å². The van der Waals surface area contributed by atoms with E-state index in [0.29, 0.717) is 40.3 Å². The first kappa shape index (κ1) is 23.6. The maximum Gasteiger partial charge on any atom is 0.338 e. The molecule has 0 amide bonds. The van der Waals surface area contributed by atoms with E-state index >= 15 is 0 Å². The molecule has 2 aliphatic heterocycles. The number of fused-ring (bicyclic) bond motifs is 2. The van der Waals surface area contributed by atoms with Crippen molar-refractivity contribution in [3.8, 4) is 5.75 Å². The van der Waals surface area contributed by atoms with Gasteiger partial charge in [-0.2, -0.15) is 0 Å². The lowest BCUT2D eigenvalue weighted by Gasteiger charge is -2.39. The number of carbonyl (C=O) groups is 1. The Labute approximate surface area is 203 Å². The van der Waals surface area contributed by atoms with Crippen molar-refractivity contribution in [3.05, 3.63) is 62.9 Å². The second-order valence-corrected chi connectivity index (χ2v) is 9.86. The third kappa shape index (κ3) is 4.86. The van der Waals surface area contributed by atoms with Crippen LogP contribution in [0.3, 0.4) is 0 Å². The monoisotopic (exact) mass is 499 g/mol. The summed E-state index contributed by atoms with van der Waals surface area (Å²) in [4.78, 5) is 13.8. The van der Waals surface area contributed by atoms with E-state index in [-0.39, 0.29) is 24.1 Å². The molecule has 2 aromatic carbocycles. The van der Waals surface area contributed by atoms with Gasteiger partial charge in [-0.3, -0.25) is 4.90 Å². The highest BCUT2D eigenvalue weighted by Crippen LogP contribution is 2.44. The van der Waals surface area contributed by atoms with E-state index in [1.165, 1.54) is 6.07 Å². The number of aromatic carboxylic acids is 1. The Balaban J connectivity index is 0.00000245. The predicted molar refractivity (Wildman–Crippen MR) is 125 cm³/mol. The van der Waals surface area contributed by atoms with Gasteiger partial charge in [0.2, 0.25) is 0 Å². The zero-order chi connectivity index (χ0) is 21.7. The van der Waals surface area contributed by atoms with Crippen LogP contribution in [0.4, 0.5) is 4.39 Å². The smallest absolute Gasteiger partial charge is 0.338 e. The molecule has 32 heavy (non-hydrogen) atoms. The molecular formula is C24H25Cl3FNO3. The first-order chi connectivity index (χ1) is 14.9. The molecule has 1 unspecified atom stereocenters. The van der Waals surface area contributed by atoms with Crippen molar-refractivity contribution in [1.82, 2.24) is 4.90 Å². The van der Waals surface area contributed by atoms with Gasteiger partial charge < -0.3 is 9.84 Å². The zero-order valence-corrected chi connectivity index (χ0v) is 19.7. The van der Waals surface area contributed by atoms with Crippen LogP contribution in [0, 0.1) is 5.82 Å². The Morgan fingerprint density at radius 1 is 1.03 bits per heavy atom. The second kappa shape index (κ2) is 9.38. The minimum Gasteiger partial charge on any atom is -0.490 e. The fourth-order valence-corrected chi connectivity index (χ4v) is 5.78. The largest absolute Gasteiger partial charge is 0.490 e. The molecule has 2 bridgehead atoms. The number of hydrogen-bond donors (Lipinski definition) is 1. The van der Waals surface area contributed by atoms with Crippen LogP contribution in [0.15, 0.2) is 30.3 Å². The highest BCUT2D eigenvalue weighted by atomic mass is 35.5. The molecule has 3 atom stereocenters. The van der Waals surface area contributed by atoms with Crippen molar-refractivity contribution in [3.63, 3.8) is 0 Å². The zero-order valence-electron chi connectivity index (χ0n) is 17.4. The van der Waals surface area contributed by atoms with Crippen molar-refractivity contribution in [1.29, 1.82) is 0 Å². The van der Waals surface area contributed by atoms with Gasteiger partial charge in [0.25, 0.3) is 0 Å². The molecule has 172 valence electrons. The molecule has 1 N–H and O–H groups in total. The highest BCUT2D eigenvalue weighted by molar-refractivity contribution is 6.34. The summed E-state index contributed by atoms with van der Waals surface area (Å²) in [5.74, 6) is -0.794. The standard InChI is InChI=1S/C24H24Cl2FNO3.ClH/c25-15-6-16(26)8-19(7-15)31-20-9-17-3-4-18(10-20)28(17)12-14-5-23(27)22(24(29)30)11-21(14)13-1-2-13;/h5-8,11,13,17-18,20H,1-4,9-10,12H2,(H,29,30);1H/t17-,18+,20?;. The molecule has 5 rings (SSSR count). The van der Waals surface area contributed by atoms with E-state index in [0.717, 1.165) is 49.7 Å². The summed E-state index contributed by atoms with van der Waals surface area (Å²) in [5, 5.41) is 10.4. The van der Waals surface area contributed by atoms with Gasteiger partial charge in [0.05, 0.1) is 5.56 Å². The molecule has 3 fully saturated rings. The van der Waals surface area contributed by atoms with E-state index < -0.39 is 11.8 Å². The number of ether oxygens (including phenoxy) is 1. The van der Waals surface area contributed by atoms with Crippen molar-refractivity contribution in [2.75, 3.05) is 0 Å². The third-order valence-electron chi connectivity index (χ3n) is 6.81. The molecule has 1 saturated carbocycles. The molecule has 8 heteroatoms. The maximum absolute atomic E-state index is 14.5. The molecule has 4 nitrogen and oxygen atoms in total. The van der Waals surface area contributed by atoms with Gasteiger partial charge in [-0.15, -0.1) is 12.4 Å². The number of halogens is 4. The average Bonchev–Trinajstić information content (AvgIpc) is 3.48. The van der Waals surface area contributed by atoms with Crippen LogP contribution in [-0.4, -0.2) is 34.2 Å². The molecule has 2 heterocycles. The summed E-state index contributed by atoms with van der Waals surface area (Å²) < 4.78 is 20.7. The first-order valence-corrected chi connectivity index (χ1v) is 11.6. The van der Waals surface area contributed by atoms with Crippen molar-refractivity contribution in [2.45, 2.75) is 69.2 Å². The van der Waals surface area contributed by atoms with Crippen LogP contribution < -0.4 is 4.74 Å². The van der Waals surface area contributed by atoms with Crippen LogP contribution in [-0.2, 0) is 6.54 Å². The summed E-state index contributed by atoms with van der Waals surface area (Å²) in [6.45, 7) is 0.660. The molecular weight excluding hydrogens is 476 g/mol. The van der Waals surface area contributed by atoms with Crippen molar-refractivity contribution in [2.24, 2.45) is 0 Å². The van der Waals surface area contributed by atoms with Crippen LogP contribution in [0.2, 0.25) is 10.0 Å². The van der Waals surface area contributed by atoms with Gasteiger partial charge in [0, 0.05) is 28.7 Å². The number of piperidine rings is 1. The van der Waals surface area contributed by atoms with Crippen LogP contribution in [0.25, 0.3) is 0 Å². The van der Waals surface area contributed by atoms with Gasteiger partial charge in [-0.1, -0.05) is 23.2 Å². The number of carboxylic acids is 1. The SMILES string of the molecule is Cl.O=C(O)c1cc(C2CC2)c(CN2[C@@H]3CC[C@H]2CC(Oc2cc(Cl)cc(Cl)c2)C3)cc1F. The Bertz CT molecular complexity index is 996. The number of benzene rings is 2. The van der Waals surface area contributed by atoms with E-state index in [4.69, 9.17) is 27.9 Å². The second-order valence-electron chi connectivity index (χ2n) is 8.98. The molecule has 0 aromatic heterocycles. The minimum absolute atomic E-state index is 0. The molecule has 2 saturated heterocycles. The quantitative estimate of drug-likeness (QED) is 0.479. The van der Waals surface area contributed by atoms with E-state index in [1.807, 2.05) is 0 Å². The average molecular weight is 501 g/mol. The summed E-state index contributed by atoms with van der Waals surface area (Å²) in [7, 11) is 0. The van der Waals surface area contributed by atoms with Crippen molar-refractivity contribution < 1.29 is 19.0 Å². The Hall–Kier alpha value is -1.53. The van der Waals surface area contributed by atoms with Crippen LogP contribution >= 0.6 is 35.6 Å². The number of rotatable bonds is 6. The lowest BCUT2D eigenvalue weighted by atomic mass is 9.95. The van der Waals surface area contributed by atoms with Gasteiger partial charge in [0.15, 0.2) is 0 Å². The maximum atomic E-state index is 14.5. The lowest BCUT2D eigenvalue weighted by molar-refractivity contribution is 0.0443. The van der Waals surface area contributed by atoms with E-state index in [2.05, 4.69) is 4.90 Å². The van der Waals surface area contributed by atoms with Crippen molar-refractivity contribution >= 4 is 41.6 Å². The highest BCUT2D eigenvalue weighted by Gasteiger charge is 2.42. The summed E-state index contributed by atoms with van der Waals surface area (Å²) in [5.41, 5.74) is 1.72. The van der Waals surface area contributed by atoms with Gasteiger partial charge in [-0.25, -0.2) is 9.18 Å². The molecule has 0 radical (unpaired) electrons. The van der Waals surface area contributed by atoms with E-state index in [1.54, 1.807) is 24.3 Å². The molecule has 1 aliphatic carbocycles. The molecule has 3 aliphatic rings. The van der Waals surface area contributed by atoms with Gasteiger partial charge in [-0.05, 0) is 85.9 Å². The third-order valence-corrected chi connectivity index (χ3v) is 7.25. The molecule has 2 aromatic rings. The van der Waals surface area contributed by atoms with Crippen LogP contribution in [0.5, 0.6) is 5.75 Å². The predicted octanol–water partition coefficient (Wildman–Crippen LogP) is 6.70. The fourth-order valence-electron chi connectivity index (χ4n) is 5.27. The van der Waals surface area contributed by atoms with Gasteiger partial charge in [0.1, 0.15) is 17.7 Å². The Morgan fingerprint density at radius 2 is 1.66 bits per heavy atom. The Morgan fingerprint density at radius 3 is 2.22 bits per heavy atom. The summed E-state index contributed by atoms with van der Waals surface area (Å²) in [6.07, 6.45) is 6.16. The van der Waals surface area contributed by atoms with E-state index in [9.17, 15) is 14.3 Å². The number of carboxylic acid groups (broad SMARTS) is 1. The van der Waals surface area contributed by atoms with Crippen LogP contribution in [0.1, 0.15) is 65.9 Å². The first-order valence-electron chi connectivity index (χ1n) is 10.8. The number of hydrogen-bond acceptors (Lipinski definition) is 3. The summed E-state index contributed by atoms with van der Waals surface area (Å²) in [6, 6.07) is 9.01. The minimum atomic E-state index is -1.20. The number of nitrogens with zero attached hydrogens (tertiary/aromatic N) is 1. The lowest BCUT2D eigenvalue weighted by Crippen LogP contribution is -2.45. The topological polar surface area (TPSA) is 49.8 Å². The molecule has 0 spiro atoms. The Kier molecular flexibility index (Phi) is 6.92. The summed E-state index contributed by atoms with van der Waals surface area (Å²) >= 11 is 12.2.